The van der Waals surface area contributed by atoms with E-state index in [1.807, 2.05) is 6.92 Å². The highest BCUT2D eigenvalue weighted by atomic mass is 16.7. The van der Waals surface area contributed by atoms with Gasteiger partial charge in [0.2, 0.25) is 0 Å². The Kier molecular flexibility index (Phi) is 5.08. The molecule has 1 saturated heterocycles. The van der Waals surface area contributed by atoms with Crippen LogP contribution in [0.4, 0.5) is 0 Å². The Balaban J connectivity index is 1.48. The third-order valence-corrected chi connectivity index (χ3v) is 10.5. The first-order valence-electron chi connectivity index (χ1n) is 12.3. The zero-order valence-electron chi connectivity index (χ0n) is 19.2. The lowest BCUT2D eigenvalue weighted by molar-refractivity contribution is -0.316. The minimum absolute atomic E-state index is 0.0880. The van der Waals surface area contributed by atoms with E-state index >= 15 is 0 Å². The Labute approximate surface area is 181 Å². The topological polar surface area (TPSA) is 65.0 Å². The second-order valence-corrected chi connectivity index (χ2v) is 11.5. The van der Waals surface area contributed by atoms with Gasteiger partial charge in [-0.3, -0.25) is 4.79 Å². The van der Waals surface area contributed by atoms with Crippen LogP contribution in [0.5, 0.6) is 0 Å². The zero-order valence-corrected chi connectivity index (χ0v) is 19.2. The number of esters is 1. The molecule has 5 rings (SSSR count). The smallest absolute Gasteiger partial charge is 0.302 e. The van der Waals surface area contributed by atoms with Crippen molar-refractivity contribution in [2.24, 2.45) is 40.4 Å². The van der Waals surface area contributed by atoms with Crippen LogP contribution in [0, 0.1) is 40.4 Å². The van der Waals surface area contributed by atoms with Crippen molar-refractivity contribution in [3.8, 4) is 0 Å². The lowest BCUT2D eigenvalue weighted by atomic mass is 9.43. The fourth-order valence-electron chi connectivity index (χ4n) is 9.20. The van der Waals surface area contributed by atoms with E-state index in [0.29, 0.717) is 36.9 Å². The number of hydrogen-bond acceptors (Lipinski definition) is 5. The van der Waals surface area contributed by atoms with Gasteiger partial charge in [-0.25, -0.2) is 0 Å². The van der Waals surface area contributed by atoms with Crippen LogP contribution in [0.3, 0.4) is 0 Å². The number of aliphatic hydroxyl groups is 1. The van der Waals surface area contributed by atoms with E-state index in [2.05, 4.69) is 13.8 Å². The molecule has 0 amide bonds. The van der Waals surface area contributed by atoms with Gasteiger partial charge in [-0.1, -0.05) is 13.8 Å². The summed E-state index contributed by atoms with van der Waals surface area (Å²) in [7, 11) is 0. The summed E-state index contributed by atoms with van der Waals surface area (Å²) in [6.45, 7) is 9.70. The fourth-order valence-corrected chi connectivity index (χ4v) is 9.20. The van der Waals surface area contributed by atoms with Gasteiger partial charge in [0.15, 0.2) is 5.79 Å². The highest BCUT2D eigenvalue weighted by molar-refractivity contribution is 5.66. The number of fused-ring (bicyclic) bond motifs is 6. The summed E-state index contributed by atoms with van der Waals surface area (Å²) >= 11 is 0. The summed E-state index contributed by atoms with van der Waals surface area (Å²) in [6, 6.07) is 0. The lowest BCUT2D eigenvalue weighted by Crippen LogP contribution is -2.65. The molecule has 170 valence electrons. The molecule has 0 aromatic carbocycles. The molecule has 5 fully saturated rings. The Bertz CT molecular complexity index is 685. The summed E-state index contributed by atoms with van der Waals surface area (Å²) in [6.07, 6.45) is 8.56. The molecule has 0 bridgehead atoms. The minimum Gasteiger partial charge on any atom is -0.463 e. The van der Waals surface area contributed by atoms with Crippen LogP contribution in [0.25, 0.3) is 0 Å². The minimum atomic E-state index is -0.547. The molecule has 4 aliphatic carbocycles. The van der Waals surface area contributed by atoms with E-state index in [1.54, 1.807) is 0 Å². The number of rotatable bonds is 2. The number of carbonyl (C=O) groups is 1. The van der Waals surface area contributed by atoms with Crippen molar-refractivity contribution in [2.45, 2.75) is 97.1 Å². The van der Waals surface area contributed by atoms with Crippen LogP contribution >= 0.6 is 0 Å². The fraction of sp³-hybridized carbons (Fsp3) is 0.960. The number of hydrogen-bond donors (Lipinski definition) is 1. The Morgan fingerprint density at radius 2 is 1.80 bits per heavy atom. The first kappa shape index (κ1) is 21.2. The molecule has 0 aromatic heterocycles. The number of aliphatic hydroxyl groups excluding tert-OH is 1. The highest BCUT2D eigenvalue weighted by Crippen LogP contribution is 2.71. The lowest BCUT2D eigenvalue weighted by Gasteiger charge is -2.65. The van der Waals surface area contributed by atoms with Gasteiger partial charge in [-0.15, -0.1) is 0 Å². The predicted octanol–water partition coefficient (Wildman–Crippen LogP) is 4.31. The predicted molar refractivity (Wildman–Crippen MR) is 112 cm³/mol. The van der Waals surface area contributed by atoms with Gasteiger partial charge in [0.1, 0.15) is 6.10 Å². The van der Waals surface area contributed by atoms with Gasteiger partial charge in [0.25, 0.3) is 0 Å². The molecule has 1 N–H and O–H groups in total. The summed E-state index contributed by atoms with van der Waals surface area (Å²) in [5, 5.41) is 10.7. The zero-order chi connectivity index (χ0) is 21.3. The third-order valence-electron chi connectivity index (χ3n) is 10.5. The third kappa shape index (κ3) is 2.80. The second-order valence-electron chi connectivity index (χ2n) is 11.5. The molecule has 1 spiro atoms. The normalized spacial score (nSPS) is 50.4. The molecule has 4 saturated carbocycles. The molecular weight excluding hydrogens is 380 g/mol. The van der Waals surface area contributed by atoms with Crippen molar-refractivity contribution in [3.05, 3.63) is 0 Å². The van der Waals surface area contributed by atoms with Crippen LogP contribution in [-0.2, 0) is 19.0 Å². The van der Waals surface area contributed by atoms with Crippen LogP contribution in [0.2, 0.25) is 0 Å². The highest BCUT2D eigenvalue weighted by Gasteiger charge is 2.71. The molecule has 9 atom stereocenters. The maximum Gasteiger partial charge on any atom is 0.302 e. The van der Waals surface area contributed by atoms with Crippen molar-refractivity contribution < 1.29 is 24.1 Å². The van der Waals surface area contributed by atoms with Crippen LogP contribution < -0.4 is 0 Å². The van der Waals surface area contributed by atoms with Crippen molar-refractivity contribution in [2.75, 3.05) is 13.2 Å². The van der Waals surface area contributed by atoms with Gasteiger partial charge < -0.3 is 19.3 Å². The van der Waals surface area contributed by atoms with Crippen molar-refractivity contribution in [1.29, 1.82) is 0 Å². The molecule has 4 unspecified atom stereocenters. The molecule has 30 heavy (non-hydrogen) atoms. The number of carbonyl (C=O) groups excluding carboxylic acids is 1. The molecule has 1 aliphatic heterocycles. The maximum atomic E-state index is 11.5. The SMILES string of the molecule is CC(=O)O[C@H]1CC[C@]2(C)C3CC4(OCCO4)[C@@]4(C)C(CC[C@@H]4C(C)O)C3CC[C@H]2C1. The Morgan fingerprint density at radius 1 is 1.07 bits per heavy atom. The summed E-state index contributed by atoms with van der Waals surface area (Å²) in [5.74, 6) is 1.97. The van der Waals surface area contributed by atoms with Gasteiger partial charge in [0, 0.05) is 18.8 Å². The summed E-state index contributed by atoms with van der Waals surface area (Å²) < 4.78 is 18.7. The average molecular weight is 421 g/mol. The van der Waals surface area contributed by atoms with Gasteiger partial charge in [0.05, 0.1) is 19.3 Å². The van der Waals surface area contributed by atoms with E-state index in [1.165, 1.54) is 26.2 Å². The number of ether oxygens (including phenoxy) is 3. The van der Waals surface area contributed by atoms with E-state index in [0.717, 1.165) is 32.1 Å². The quantitative estimate of drug-likeness (QED) is 0.675. The molecular formula is C25H40O5. The first-order valence-corrected chi connectivity index (χ1v) is 12.3. The molecule has 5 heteroatoms. The first-order chi connectivity index (χ1) is 14.2. The Morgan fingerprint density at radius 3 is 2.47 bits per heavy atom. The second kappa shape index (κ2) is 7.18. The Hall–Kier alpha value is -0.650. The van der Waals surface area contributed by atoms with E-state index in [4.69, 9.17) is 14.2 Å². The van der Waals surface area contributed by atoms with Gasteiger partial charge in [-0.2, -0.15) is 0 Å². The van der Waals surface area contributed by atoms with Crippen molar-refractivity contribution in [3.63, 3.8) is 0 Å². The van der Waals surface area contributed by atoms with Crippen LogP contribution in [0.15, 0.2) is 0 Å². The van der Waals surface area contributed by atoms with Crippen molar-refractivity contribution in [1.82, 2.24) is 0 Å². The van der Waals surface area contributed by atoms with Gasteiger partial charge in [-0.05, 0) is 86.9 Å². The summed E-state index contributed by atoms with van der Waals surface area (Å²) in [5.41, 5.74) is 0.142. The van der Waals surface area contributed by atoms with Crippen LogP contribution in [-0.4, -0.2) is 42.3 Å². The standard InChI is InChI=1S/C25H40O5/c1-15(26)20-7-8-21-19-6-5-17-13-18(30-16(2)27)9-10-23(17,3)22(19)14-25(24(20,21)4)28-11-12-29-25/h15,17-22,26H,5-14H2,1-4H3/t15?,17-,18-,19?,20+,21?,22?,23-,24+/m0/s1. The van der Waals surface area contributed by atoms with E-state index in [9.17, 15) is 9.90 Å². The largest absolute Gasteiger partial charge is 0.463 e. The van der Waals surface area contributed by atoms with Crippen molar-refractivity contribution >= 4 is 5.97 Å². The molecule has 0 radical (unpaired) electrons. The molecule has 5 nitrogen and oxygen atoms in total. The van der Waals surface area contributed by atoms with Gasteiger partial charge >= 0.3 is 5.97 Å². The molecule has 5 aliphatic rings. The van der Waals surface area contributed by atoms with E-state index in [-0.39, 0.29) is 34.9 Å². The maximum absolute atomic E-state index is 11.5. The summed E-state index contributed by atoms with van der Waals surface area (Å²) in [4.78, 5) is 11.5. The molecule has 1 heterocycles. The van der Waals surface area contributed by atoms with E-state index < -0.39 is 5.79 Å². The van der Waals surface area contributed by atoms with Crippen LogP contribution in [0.1, 0.15) is 79.1 Å². The average Bonchev–Trinajstić information content (AvgIpc) is 3.29. The monoisotopic (exact) mass is 420 g/mol. The molecule has 0 aromatic rings.